The van der Waals surface area contributed by atoms with E-state index in [4.69, 9.17) is 23.7 Å². The van der Waals surface area contributed by atoms with Crippen LogP contribution in [-0.4, -0.2) is 76.3 Å². The molecule has 9 atom stereocenters. The lowest BCUT2D eigenvalue weighted by molar-refractivity contribution is -0.189. The van der Waals surface area contributed by atoms with Gasteiger partial charge in [-0.3, -0.25) is 19.1 Å². The fourth-order valence-electron chi connectivity index (χ4n) is 12.5. The molecule has 0 heterocycles. The first-order valence-corrected chi connectivity index (χ1v) is 22.7. The van der Waals surface area contributed by atoms with Crippen LogP contribution in [0.15, 0.2) is 42.0 Å². The highest BCUT2D eigenvalue weighted by molar-refractivity contribution is 7.97. The highest BCUT2D eigenvalue weighted by atomic mass is 32.2. The van der Waals surface area contributed by atoms with Gasteiger partial charge in [-0.25, -0.2) is 0 Å². The van der Waals surface area contributed by atoms with Crippen molar-refractivity contribution < 1.29 is 38.1 Å². The number of fused-ring (bicyclic) bond motifs is 7. The lowest BCUT2D eigenvalue weighted by atomic mass is 9.33. The lowest BCUT2D eigenvalue weighted by Crippen LogP contribution is -2.67. The van der Waals surface area contributed by atoms with Gasteiger partial charge in [0.2, 0.25) is 0 Å². The van der Waals surface area contributed by atoms with Crippen LogP contribution >= 0.6 is 11.9 Å². The predicted molar refractivity (Wildman–Crippen MR) is 224 cm³/mol. The Labute approximate surface area is 347 Å². The van der Waals surface area contributed by atoms with Gasteiger partial charge in [-0.2, -0.15) is 0 Å². The molecule has 5 aliphatic carbocycles. The van der Waals surface area contributed by atoms with Crippen molar-refractivity contribution in [3.63, 3.8) is 0 Å². The normalized spacial score (nSPS) is 36.8. The summed E-state index contributed by atoms with van der Waals surface area (Å²) >= 11 is 1.62. The van der Waals surface area contributed by atoms with Crippen LogP contribution in [0.2, 0.25) is 0 Å². The minimum absolute atomic E-state index is 0.0337. The van der Waals surface area contributed by atoms with E-state index in [1.807, 2.05) is 30.3 Å². The average molecular weight is 810 g/mol. The molecular formula is C47H71NO8S. The highest BCUT2D eigenvalue weighted by Gasteiger charge is 2.70. The van der Waals surface area contributed by atoms with Gasteiger partial charge >= 0.3 is 11.9 Å². The minimum Gasteiger partial charge on any atom is -0.463 e. The summed E-state index contributed by atoms with van der Waals surface area (Å²) < 4.78 is 30.9. The van der Waals surface area contributed by atoms with Crippen molar-refractivity contribution >= 4 is 29.7 Å². The number of methoxy groups -OCH3 is 1. The summed E-state index contributed by atoms with van der Waals surface area (Å²) in [5.74, 6) is 1.16. The monoisotopic (exact) mass is 809 g/mol. The quantitative estimate of drug-likeness (QED) is 0.0931. The van der Waals surface area contributed by atoms with Crippen LogP contribution in [-0.2, 0) is 44.7 Å². The van der Waals surface area contributed by atoms with Gasteiger partial charge in [0.15, 0.2) is 5.78 Å². The second kappa shape index (κ2) is 17.8. The van der Waals surface area contributed by atoms with Crippen molar-refractivity contribution in [3.05, 3.63) is 47.5 Å². The number of nitrogens with one attached hydrogen (secondary N) is 1. The van der Waals surface area contributed by atoms with Crippen molar-refractivity contribution in [1.82, 2.24) is 4.72 Å². The minimum atomic E-state index is -0.578. The molecule has 0 saturated heterocycles. The first kappa shape index (κ1) is 44.3. The smallest absolute Gasteiger partial charge is 0.312 e. The molecule has 5 aliphatic rings. The number of allylic oxidation sites excluding steroid dienone is 2. The van der Waals surface area contributed by atoms with E-state index < -0.39 is 5.41 Å². The Morgan fingerprint density at radius 3 is 2.21 bits per heavy atom. The maximum Gasteiger partial charge on any atom is 0.312 e. The molecule has 0 aromatic heterocycles. The van der Waals surface area contributed by atoms with E-state index in [2.05, 4.69) is 59.3 Å². The number of benzene rings is 1. The molecule has 4 saturated carbocycles. The topological polar surface area (TPSA) is 109 Å². The van der Waals surface area contributed by atoms with Gasteiger partial charge in [0.05, 0.1) is 44.9 Å². The Morgan fingerprint density at radius 2 is 1.49 bits per heavy atom. The van der Waals surface area contributed by atoms with Crippen LogP contribution in [0.3, 0.4) is 0 Å². The standard InChI is InChI=1S/C47H71NO8S/c1-42(2)37-14-18-47(7)40(45(37,5)17-15-38(42)48-57-29-16-39(50)55-28-27-54-26-25-53-24-23-52-8)36(49)30-34-35-31-44(4,20-19-43(35,3)21-22-46(34,47)6)41(51)56-32-33-12-10-9-11-13-33/h9-13,30,35,37-38,40,48H,14-29,31-32H2,1-8H3/t35-,37-,38-,40+,43+,44-,45-,46+,47+/m0/s1. The second-order valence-corrected chi connectivity index (χ2v) is 20.8. The number of esters is 2. The van der Waals surface area contributed by atoms with Crippen LogP contribution in [0, 0.1) is 50.2 Å². The SMILES string of the molecule is COCCOCCOCCOC(=O)CCSN[C@H]1CC[C@]2(C)[C@H]3C(=O)C=C4[C@@H]5C[C@@](C)(C(=O)OCc6ccccc6)CC[C@]5(C)CC[C@@]4(C)[C@]3(C)CC[C@H]2C1(C)C. The molecule has 57 heavy (non-hydrogen) atoms. The number of rotatable bonds is 17. The molecule has 0 unspecified atom stereocenters. The molecule has 4 fully saturated rings. The summed E-state index contributed by atoms with van der Waals surface area (Å²) in [6.45, 7) is 19.6. The van der Waals surface area contributed by atoms with Gasteiger partial charge in [0.25, 0.3) is 0 Å². The molecule has 1 aromatic carbocycles. The second-order valence-electron chi connectivity index (χ2n) is 19.9. The molecule has 6 rings (SSSR count). The molecule has 0 aliphatic heterocycles. The van der Waals surface area contributed by atoms with Crippen LogP contribution in [0.1, 0.15) is 118 Å². The van der Waals surface area contributed by atoms with Gasteiger partial charge in [0.1, 0.15) is 13.2 Å². The molecule has 0 radical (unpaired) electrons. The highest BCUT2D eigenvalue weighted by Crippen LogP contribution is 2.75. The summed E-state index contributed by atoms with van der Waals surface area (Å²) in [5.41, 5.74) is 1.41. The first-order chi connectivity index (χ1) is 27.0. The van der Waals surface area contributed by atoms with E-state index in [0.29, 0.717) is 63.5 Å². The number of carbonyl (C=O) groups excluding carboxylic acids is 3. The van der Waals surface area contributed by atoms with Crippen molar-refractivity contribution in [2.75, 3.05) is 52.5 Å². The third-order valence-corrected chi connectivity index (χ3v) is 17.1. The molecule has 1 aromatic rings. The van der Waals surface area contributed by atoms with Crippen molar-refractivity contribution in [2.45, 2.75) is 125 Å². The van der Waals surface area contributed by atoms with Gasteiger partial charge in [-0.15, -0.1) is 0 Å². The third kappa shape index (κ3) is 8.69. The summed E-state index contributed by atoms with van der Waals surface area (Å²) in [7, 11) is 1.64. The molecule has 9 nitrogen and oxygen atoms in total. The maximum absolute atomic E-state index is 14.9. The van der Waals surface area contributed by atoms with Gasteiger partial charge in [-0.05, 0) is 115 Å². The van der Waals surface area contributed by atoms with E-state index in [1.54, 1.807) is 19.1 Å². The number of hydrogen-bond donors (Lipinski definition) is 1. The molecular weight excluding hydrogens is 739 g/mol. The summed E-state index contributed by atoms with van der Waals surface area (Å²) in [6.07, 6.45) is 11.3. The summed E-state index contributed by atoms with van der Waals surface area (Å²) in [4.78, 5) is 41.1. The Balaban J connectivity index is 1.07. The lowest BCUT2D eigenvalue weighted by Gasteiger charge is -2.70. The molecule has 0 spiro atoms. The Hall–Kier alpha value is -2.24. The molecule has 0 bridgehead atoms. The average Bonchev–Trinajstić information content (AvgIpc) is 3.17. The number of carbonyl (C=O) groups is 3. The van der Waals surface area contributed by atoms with Gasteiger partial charge in [0, 0.05) is 24.8 Å². The van der Waals surface area contributed by atoms with Crippen LogP contribution in [0.5, 0.6) is 0 Å². The zero-order chi connectivity index (χ0) is 41.1. The summed E-state index contributed by atoms with van der Waals surface area (Å²) in [5, 5.41) is 0. The van der Waals surface area contributed by atoms with E-state index in [1.165, 1.54) is 5.57 Å². The maximum atomic E-state index is 14.9. The summed E-state index contributed by atoms with van der Waals surface area (Å²) in [6, 6.07) is 10.2. The van der Waals surface area contributed by atoms with E-state index in [9.17, 15) is 14.4 Å². The molecule has 0 amide bonds. The van der Waals surface area contributed by atoms with Crippen molar-refractivity contribution in [2.24, 2.45) is 50.2 Å². The fourth-order valence-corrected chi connectivity index (χ4v) is 13.5. The molecule has 1 N–H and O–H groups in total. The number of hydrogen-bond acceptors (Lipinski definition) is 10. The van der Waals surface area contributed by atoms with Crippen LogP contribution in [0.25, 0.3) is 0 Å². The predicted octanol–water partition coefficient (Wildman–Crippen LogP) is 8.93. The van der Waals surface area contributed by atoms with Gasteiger partial charge in [-0.1, -0.05) is 89.4 Å². The zero-order valence-corrected chi connectivity index (χ0v) is 37.0. The number of ketones is 1. The molecule has 318 valence electrons. The third-order valence-electron chi connectivity index (χ3n) is 16.2. The number of ether oxygens (including phenoxy) is 5. The van der Waals surface area contributed by atoms with Crippen molar-refractivity contribution in [1.29, 1.82) is 0 Å². The van der Waals surface area contributed by atoms with E-state index in [-0.39, 0.29) is 63.5 Å². The fraction of sp³-hybridized carbons (Fsp3) is 0.766. The van der Waals surface area contributed by atoms with Crippen LogP contribution in [0.4, 0.5) is 0 Å². The Bertz CT molecular complexity index is 1620. The largest absolute Gasteiger partial charge is 0.463 e. The van der Waals surface area contributed by atoms with Crippen LogP contribution < -0.4 is 4.72 Å². The first-order valence-electron chi connectivity index (χ1n) is 21.7. The van der Waals surface area contributed by atoms with E-state index >= 15 is 0 Å². The van der Waals surface area contributed by atoms with Crippen molar-refractivity contribution in [3.8, 4) is 0 Å². The molecule has 10 heteroatoms. The zero-order valence-electron chi connectivity index (χ0n) is 36.2. The Kier molecular flexibility index (Phi) is 13.8. The Morgan fingerprint density at radius 1 is 0.807 bits per heavy atom. The van der Waals surface area contributed by atoms with Gasteiger partial charge < -0.3 is 23.7 Å². The van der Waals surface area contributed by atoms with E-state index in [0.717, 1.165) is 63.4 Å².